The Hall–Kier alpha value is -1.91. The number of carboxylic acid groups (broad SMARTS) is 1. The molecule has 2 rings (SSSR count). The van der Waals surface area contributed by atoms with Crippen LogP contribution in [0, 0.1) is 17.3 Å². The van der Waals surface area contributed by atoms with E-state index in [-0.39, 0.29) is 11.9 Å². The molecule has 102 valence electrons. The van der Waals surface area contributed by atoms with E-state index in [9.17, 15) is 9.59 Å². The second-order valence-corrected chi connectivity index (χ2v) is 5.60. The molecule has 2 N–H and O–H groups in total. The number of carboxylic acids is 1. The standard InChI is InChI=1S/C14H18N2O3/c1-8(9-6-4-5-7-15-9)16-12(17)10-11(13(18)19)14(10,2)3/h4-8,10-11H,1-3H3,(H,16,17)(H,18,19). The van der Waals surface area contributed by atoms with E-state index in [1.807, 2.05) is 39.0 Å². The summed E-state index contributed by atoms with van der Waals surface area (Å²) in [6.07, 6.45) is 1.67. The van der Waals surface area contributed by atoms with Crippen LogP contribution in [0.1, 0.15) is 32.5 Å². The van der Waals surface area contributed by atoms with Crippen LogP contribution in [-0.2, 0) is 9.59 Å². The van der Waals surface area contributed by atoms with Gasteiger partial charge in [-0.2, -0.15) is 0 Å². The number of aliphatic carboxylic acids is 1. The normalized spacial score (nSPS) is 25.4. The monoisotopic (exact) mass is 262 g/mol. The highest BCUT2D eigenvalue weighted by molar-refractivity contribution is 5.91. The van der Waals surface area contributed by atoms with Crippen LogP contribution in [0.5, 0.6) is 0 Å². The van der Waals surface area contributed by atoms with E-state index in [0.29, 0.717) is 0 Å². The summed E-state index contributed by atoms with van der Waals surface area (Å²) in [4.78, 5) is 27.3. The highest BCUT2D eigenvalue weighted by Gasteiger charge is 2.65. The molecule has 0 aliphatic heterocycles. The molecule has 0 aromatic carbocycles. The van der Waals surface area contributed by atoms with Crippen molar-refractivity contribution in [1.29, 1.82) is 0 Å². The summed E-state index contributed by atoms with van der Waals surface area (Å²) in [7, 11) is 0. The first-order chi connectivity index (χ1) is 8.85. The third-order valence-electron chi connectivity index (χ3n) is 3.87. The first-order valence-corrected chi connectivity index (χ1v) is 6.30. The van der Waals surface area contributed by atoms with Crippen LogP contribution in [0.15, 0.2) is 24.4 Å². The smallest absolute Gasteiger partial charge is 0.307 e. The van der Waals surface area contributed by atoms with Crippen molar-refractivity contribution in [2.75, 3.05) is 0 Å². The fourth-order valence-electron chi connectivity index (χ4n) is 2.60. The summed E-state index contributed by atoms with van der Waals surface area (Å²) in [6, 6.07) is 5.27. The molecule has 0 spiro atoms. The lowest BCUT2D eigenvalue weighted by Gasteiger charge is -2.13. The number of hydrogen-bond donors (Lipinski definition) is 2. The number of nitrogens with one attached hydrogen (secondary N) is 1. The van der Waals surface area contributed by atoms with Crippen molar-refractivity contribution in [1.82, 2.24) is 10.3 Å². The van der Waals surface area contributed by atoms with Crippen molar-refractivity contribution in [3.63, 3.8) is 0 Å². The fraction of sp³-hybridized carbons (Fsp3) is 0.500. The Morgan fingerprint density at radius 2 is 2.05 bits per heavy atom. The number of nitrogens with zero attached hydrogens (tertiary/aromatic N) is 1. The predicted molar refractivity (Wildman–Crippen MR) is 69.2 cm³/mol. The largest absolute Gasteiger partial charge is 0.481 e. The third kappa shape index (κ3) is 2.45. The van der Waals surface area contributed by atoms with E-state index in [1.165, 1.54) is 0 Å². The molecule has 3 atom stereocenters. The van der Waals surface area contributed by atoms with Gasteiger partial charge in [-0.15, -0.1) is 0 Å². The molecule has 1 amide bonds. The van der Waals surface area contributed by atoms with Gasteiger partial charge in [-0.25, -0.2) is 0 Å². The Balaban J connectivity index is 2.02. The van der Waals surface area contributed by atoms with Gasteiger partial charge in [0, 0.05) is 6.20 Å². The Morgan fingerprint density at radius 3 is 2.53 bits per heavy atom. The number of rotatable bonds is 4. The molecule has 5 heteroatoms. The molecule has 1 saturated carbocycles. The van der Waals surface area contributed by atoms with Crippen LogP contribution in [0.2, 0.25) is 0 Å². The van der Waals surface area contributed by atoms with Gasteiger partial charge in [0.25, 0.3) is 0 Å². The molecule has 3 unspecified atom stereocenters. The zero-order chi connectivity index (χ0) is 14.2. The summed E-state index contributed by atoms with van der Waals surface area (Å²) in [5, 5.41) is 11.9. The molecule has 1 aliphatic carbocycles. The average molecular weight is 262 g/mol. The number of amides is 1. The van der Waals surface area contributed by atoms with Crippen LogP contribution in [0.25, 0.3) is 0 Å². The van der Waals surface area contributed by atoms with Crippen LogP contribution in [-0.4, -0.2) is 22.0 Å². The van der Waals surface area contributed by atoms with Gasteiger partial charge in [0.15, 0.2) is 0 Å². The van der Waals surface area contributed by atoms with E-state index >= 15 is 0 Å². The number of carbonyl (C=O) groups is 2. The molecule has 1 fully saturated rings. The van der Waals surface area contributed by atoms with Crippen LogP contribution >= 0.6 is 0 Å². The summed E-state index contributed by atoms with van der Waals surface area (Å²) in [5.74, 6) is -2.18. The summed E-state index contributed by atoms with van der Waals surface area (Å²) < 4.78 is 0. The van der Waals surface area contributed by atoms with Crippen molar-refractivity contribution in [2.45, 2.75) is 26.8 Å². The summed E-state index contributed by atoms with van der Waals surface area (Å²) in [6.45, 7) is 5.45. The maximum atomic E-state index is 12.1. The molecule has 0 radical (unpaired) electrons. The first kappa shape index (κ1) is 13.5. The number of pyridine rings is 1. The second-order valence-electron chi connectivity index (χ2n) is 5.60. The first-order valence-electron chi connectivity index (χ1n) is 6.30. The minimum Gasteiger partial charge on any atom is -0.481 e. The lowest BCUT2D eigenvalue weighted by Crippen LogP contribution is -2.30. The predicted octanol–water partition coefficient (Wildman–Crippen LogP) is 1.62. The Morgan fingerprint density at radius 1 is 1.37 bits per heavy atom. The molecule has 5 nitrogen and oxygen atoms in total. The van der Waals surface area contributed by atoms with E-state index in [2.05, 4.69) is 10.3 Å². The van der Waals surface area contributed by atoms with E-state index in [1.54, 1.807) is 6.20 Å². The minimum atomic E-state index is -0.907. The average Bonchev–Trinajstić information content (AvgIpc) is 2.93. The topological polar surface area (TPSA) is 79.3 Å². The van der Waals surface area contributed by atoms with Crippen molar-refractivity contribution in [2.24, 2.45) is 17.3 Å². The van der Waals surface area contributed by atoms with E-state index in [0.717, 1.165) is 5.69 Å². The van der Waals surface area contributed by atoms with Crippen molar-refractivity contribution >= 4 is 11.9 Å². The molecule has 0 saturated heterocycles. The lowest BCUT2D eigenvalue weighted by atomic mass is 10.1. The molecule has 19 heavy (non-hydrogen) atoms. The minimum absolute atomic E-state index is 0.212. The molecule has 0 bridgehead atoms. The summed E-state index contributed by atoms with van der Waals surface area (Å²) >= 11 is 0. The highest BCUT2D eigenvalue weighted by atomic mass is 16.4. The lowest BCUT2D eigenvalue weighted by molar-refractivity contribution is -0.140. The molecule has 1 heterocycles. The maximum Gasteiger partial charge on any atom is 0.307 e. The third-order valence-corrected chi connectivity index (χ3v) is 3.87. The van der Waals surface area contributed by atoms with Gasteiger partial charge in [0.1, 0.15) is 0 Å². The molecular formula is C14H18N2O3. The Labute approximate surface area is 112 Å². The number of aromatic nitrogens is 1. The molecule has 1 aliphatic rings. The van der Waals surface area contributed by atoms with Crippen LogP contribution in [0.4, 0.5) is 0 Å². The number of hydrogen-bond acceptors (Lipinski definition) is 3. The summed E-state index contributed by atoms with van der Waals surface area (Å²) in [5.41, 5.74) is 0.293. The van der Waals surface area contributed by atoms with Gasteiger partial charge < -0.3 is 10.4 Å². The fourth-order valence-corrected chi connectivity index (χ4v) is 2.60. The zero-order valence-corrected chi connectivity index (χ0v) is 11.3. The van der Waals surface area contributed by atoms with E-state index in [4.69, 9.17) is 5.11 Å². The molecular weight excluding hydrogens is 244 g/mol. The maximum absolute atomic E-state index is 12.1. The van der Waals surface area contributed by atoms with Gasteiger partial charge in [-0.05, 0) is 24.5 Å². The van der Waals surface area contributed by atoms with Crippen molar-refractivity contribution in [3.05, 3.63) is 30.1 Å². The molecule has 1 aromatic heterocycles. The van der Waals surface area contributed by atoms with Gasteiger partial charge in [0.2, 0.25) is 5.91 Å². The van der Waals surface area contributed by atoms with Crippen molar-refractivity contribution < 1.29 is 14.7 Å². The molecule has 1 aromatic rings. The van der Waals surface area contributed by atoms with Gasteiger partial charge >= 0.3 is 5.97 Å². The van der Waals surface area contributed by atoms with Crippen LogP contribution < -0.4 is 5.32 Å². The zero-order valence-electron chi connectivity index (χ0n) is 11.3. The van der Waals surface area contributed by atoms with Crippen molar-refractivity contribution in [3.8, 4) is 0 Å². The Bertz CT molecular complexity index is 499. The highest BCUT2D eigenvalue weighted by Crippen LogP contribution is 2.58. The van der Waals surface area contributed by atoms with E-state index < -0.39 is 23.2 Å². The van der Waals surface area contributed by atoms with Gasteiger partial charge in [-0.3, -0.25) is 14.6 Å². The Kier molecular flexibility index (Phi) is 3.30. The number of carbonyl (C=O) groups excluding carboxylic acids is 1. The van der Waals surface area contributed by atoms with Gasteiger partial charge in [-0.1, -0.05) is 19.9 Å². The SMILES string of the molecule is CC(NC(=O)C1C(C(=O)O)C1(C)C)c1ccccn1. The quantitative estimate of drug-likeness (QED) is 0.864. The van der Waals surface area contributed by atoms with Crippen LogP contribution in [0.3, 0.4) is 0 Å². The van der Waals surface area contributed by atoms with Gasteiger partial charge in [0.05, 0.1) is 23.6 Å². The second kappa shape index (κ2) is 4.64.